The Morgan fingerprint density at radius 1 is 1.32 bits per heavy atom. The average Bonchev–Trinajstić information content (AvgIpc) is 3.34. The number of guanidine groups is 1. The SMILES string of the molecule is CCNC(=NCCc1nc(C(F)(F)F)cs1)NC1CCN(c2cccs2)CC1. The molecule has 28 heavy (non-hydrogen) atoms. The van der Waals surface area contributed by atoms with Gasteiger partial charge >= 0.3 is 6.18 Å². The summed E-state index contributed by atoms with van der Waals surface area (Å²) in [6.07, 6.45) is -1.95. The number of halogens is 3. The Morgan fingerprint density at radius 2 is 2.11 bits per heavy atom. The molecule has 0 aromatic carbocycles. The van der Waals surface area contributed by atoms with Crippen LogP contribution < -0.4 is 15.5 Å². The molecule has 5 nitrogen and oxygen atoms in total. The van der Waals surface area contributed by atoms with Crippen LogP contribution in [0, 0.1) is 0 Å². The highest BCUT2D eigenvalue weighted by atomic mass is 32.1. The molecule has 10 heteroatoms. The Balaban J connectivity index is 1.48. The van der Waals surface area contributed by atoms with Gasteiger partial charge in [0, 0.05) is 44.0 Å². The second kappa shape index (κ2) is 9.60. The highest BCUT2D eigenvalue weighted by Crippen LogP contribution is 2.30. The summed E-state index contributed by atoms with van der Waals surface area (Å²) in [5.74, 6) is 0.713. The number of alkyl halides is 3. The fraction of sp³-hybridized carbons (Fsp3) is 0.556. The highest BCUT2D eigenvalue weighted by Gasteiger charge is 2.33. The molecule has 0 amide bonds. The molecule has 154 valence electrons. The Kier molecular flexibility index (Phi) is 7.17. The van der Waals surface area contributed by atoms with E-state index in [1.165, 1.54) is 5.00 Å². The van der Waals surface area contributed by atoms with Crippen LogP contribution in [-0.2, 0) is 12.6 Å². The zero-order valence-corrected chi connectivity index (χ0v) is 17.3. The van der Waals surface area contributed by atoms with Crippen molar-refractivity contribution in [2.75, 3.05) is 31.1 Å². The van der Waals surface area contributed by atoms with Gasteiger partial charge in [-0.2, -0.15) is 13.2 Å². The third-order valence-corrected chi connectivity index (χ3v) is 6.27. The molecule has 2 N–H and O–H groups in total. The fourth-order valence-electron chi connectivity index (χ4n) is 3.03. The van der Waals surface area contributed by atoms with E-state index in [9.17, 15) is 13.2 Å². The molecule has 3 heterocycles. The van der Waals surface area contributed by atoms with Gasteiger partial charge in [-0.05, 0) is 37.3 Å². The van der Waals surface area contributed by atoms with Gasteiger partial charge in [-0.1, -0.05) is 0 Å². The molecule has 2 aromatic heterocycles. The van der Waals surface area contributed by atoms with Gasteiger partial charge in [-0.3, -0.25) is 4.99 Å². The number of aliphatic imine (C=N–C) groups is 1. The number of nitrogens with zero attached hydrogens (tertiary/aromatic N) is 3. The van der Waals surface area contributed by atoms with Gasteiger partial charge in [0.25, 0.3) is 0 Å². The summed E-state index contributed by atoms with van der Waals surface area (Å²) in [5, 5.41) is 11.6. The highest BCUT2D eigenvalue weighted by molar-refractivity contribution is 7.14. The Morgan fingerprint density at radius 3 is 2.71 bits per heavy atom. The number of rotatable bonds is 6. The molecule has 0 spiro atoms. The summed E-state index contributed by atoms with van der Waals surface area (Å²) >= 11 is 2.79. The minimum atomic E-state index is -4.38. The predicted molar refractivity (Wildman–Crippen MR) is 109 cm³/mol. The van der Waals surface area contributed by atoms with Crippen molar-refractivity contribution in [3.63, 3.8) is 0 Å². The number of hydrogen-bond donors (Lipinski definition) is 2. The van der Waals surface area contributed by atoms with Gasteiger partial charge in [0.05, 0.1) is 10.0 Å². The van der Waals surface area contributed by atoms with Crippen molar-refractivity contribution in [1.82, 2.24) is 15.6 Å². The second-order valence-corrected chi connectivity index (χ2v) is 8.36. The summed E-state index contributed by atoms with van der Waals surface area (Å²) in [4.78, 5) is 10.6. The summed E-state index contributed by atoms with van der Waals surface area (Å²) in [6.45, 7) is 5.12. The van der Waals surface area contributed by atoms with Crippen molar-refractivity contribution < 1.29 is 13.2 Å². The molecule has 1 aliphatic rings. The van der Waals surface area contributed by atoms with E-state index in [2.05, 4.69) is 43.0 Å². The zero-order valence-electron chi connectivity index (χ0n) is 15.6. The monoisotopic (exact) mass is 431 g/mol. The largest absolute Gasteiger partial charge is 0.434 e. The number of nitrogens with one attached hydrogen (secondary N) is 2. The fourth-order valence-corrected chi connectivity index (χ4v) is 4.61. The van der Waals surface area contributed by atoms with Crippen LogP contribution in [-0.4, -0.2) is 43.2 Å². The van der Waals surface area contributed by atoms with Crippen LogP contribution in [0.4, 0.5) is 18.2 Å². The van der Waals surface area contributed by atoms with Crippen molar-refractivity contribution in [2.45, 2.75) is 38.4 Å². The van der Waals surface area contributed by atoms with E-state index in [0.717, 1.165) is 49.2 Å². The van der Waals surface area contributed by atoms with Gasteiger partial charge in [-0.25, -0.2) is 4.98 Å². The molecule has 0 unspecified atom stereocenters. The Labute approximate surface area is 170 Å². The van der Waals surface area contributed by atoms with E-state index >= 15 is 0 Å². The number of aromatic nitrogens is 1. The predicted octanol–water partition coefficient (Wildman–Crippen LogP) is 3.99. The summed E-state index contributed by atoms with van der Waals surface area (Å²) in [5.41, 5.74) is -0.820. The Bertz CT molecular complexity index is 750. The van der Waals surface area contributed by atoms with Crippen molar-refractivity contribution in [2.24, 2.45) is 4.99 Å². The minimum Gasteiger partial charge on any atom is -0.363 e. The van der Waals surface area contributed by atoms with Crippen LogP contribution in [0.1, 0.15) is 30.5 Å². The van der Waals surface area contributed by atoms with E-state index < -0.39 is 11.9 Å². The lowest BCUT2D eigenvalue weighted by molar-refractivity contribution is -0.140. The lowest BCUT2D eigenvalue weighted by Crippen LogP contribution is -2.48. The summed E-state index contributed by atoms with van der Waals surface area (Å²) < 4.78 is 37.9. The normalized spacial score (nSPS) is 16.4. The van der Waals surface area contributed by atoms with E-state index in [1.807, 2.05) is 6.92 Å². The molecule has 0 saturated carbocycles. The number of hydrogen-bond acceptors (Lipinski definition) is 5. The minimum absolute atomic E-state index is 0.339. The van der Waals surface area contributed by atoms with Gasteiger partial charge in [0.1, 0.15) is 0 Å². The molecule has 0 radical (unpaired) electrons. The van der Waals surface area contributed by atoms with Crippen LogP contribution in [0.15, 0.2) is 27.9 Å². The van der Waals surface area contributed by atoms with E-state index in [4.69, 9.17) is 0 Å². The molecule has 0 atom stereocenters. The number of anilines is 1. The summed E-state index contributed by atoms with van der Waals surface area (Å²) in [6, 6.07) is 4.55. The first-order chi connectivity index (χ1) is 13.5. The first-order valence-corrected chi connectivity index (χ1v) is 11.1. The number of thiophene rings is 1. The lowest BCUT2D eigenvalue weighted by atomic mass is 10.1. The maximum atomic E-state index is 12.6. The number of piperidine rings is 1. The van der Waals surface area contributed by atoms with Crippen molar-refractivity contribution >= 4 is 33.6 Å². The standard InChI is InChI=1S/C18H24F3N5S2/c1-2-22-17(23-8-5-15-25-14(12-28-15)18(19,20)21)24-13-6-9-26(10-7-13)16-4-3-11-27-16/h3-4,11-13H,2,5-10H2,1H3,(H2,22,23,24). The van der Waals surface area contributed by atoms with Crippen LogP contribution in [0.5, 0.6) is 0 Å². The second-order valence-electron chi connectivity index (χ2n) is 6.49. The third kappa shape index (κ3) is 5.84. The van der Waals surface area contributed by atoms with Crippen LogP contribution in [0.3, 0.4) is 0 Å². The molecule has 1 fully saturated rings. The van der Waals surface area contributed by atoms with E-state index in [0.29, 0.717) is 30.0 Å². The van der Waals surface area contributed by atoms with Crippen LogP contribution in [0.25, 0.3) is 0 Å². The van der Waals surface area contributed by atoms with E-state index in [1.54, 1.807) is 11.3 Å². The third-order valence-electron chi connectivity index (χ3n) is 4.44. The molecule has 1 saturated heterocycles. The van der Waals surface area contributed by atoms with Crippen molar-refractivity contribution in [3.05, 3.63) is 33.6 Å². The molecule has 0 bridgehead atoms. The smallest absolute Gasteiger partial charge is 0.363 e. The quantitative estimate of drug-likeness (QED) is 0.536. The maximum absolute atomic E-state index is 12.6. The van der Waals surface area contributed by atoms with Gasteiger partial charge in [0.2, 0.25) is 0 Å². The Hall–Kier alpha value is -1.81. The molecule has 1 aliphatic heterocycles. The summed E-state index contributed by atoms with van der Waals surface area (Å²) in [7, 11) is 0. The zero-order chi connectivity index (χ0) is 20.0. The maximum Gasteiger partial charge on any atom is 0.434 e. The van der Waals surface area contributed by atoms with Crippen molar-refractivity contribution in [3.8, 4) is 0 Å². The van der Waals surface area contributed by atoms with Gasteiger partial charge in [0.15, 0.2) is 11.7 Å². The first kappa shape index (κ1) is 20.9. The molecule has 0 aliphatic carbocycles. The molecule has 3 rings (SSSR count). The van der Waals surface area contributed by atoms with Crippen molar-refractivity contribution in [1.29, 1.82) is 0 Å². The van der Waals surface area contributed by atoms with Crippen LogP contribution >= 0.6 is 22.7 Å². The first-order valence-electron chi connectivity index (χ1n) is 9.30. The average molecular weight is 432 g/mol. The molecular weight excluding hydrogens is 407 g/mol. The van der Waals surface area contributed by atoms with Gasteiger partial charge in [-0.15, -0.1) is 22.7 Å². The number of thiazole rings is 1. The molecular formula is C18H24F3N5S2. The van der Waals surface area contributed by atoms with Crippen LogP contribution in [0.2, 0.25) is 0 Å². The lowest BCUT2D eigenvalue weighted by Gasteiger charge is -2.33. The molecule has 2 aromatic rings. The van der Waals surface area contributed by atoms with Gasteiger partial charge < -0.3 is 15.5 Å². The topological polar surface area (TPSA) is 52.6 Å². The van der Waals surface area contributed by atoms with E-state index in [-0.39, 0.29) is 0 Å².